The molecule has 4 heterocycles. The molecule has 0 fully saturated rings. The number of aliphatic hydroxyl groups is 1. The number of nitrogens with one attached hydrogen (secondary N) is 1. The van der Waals surface area contributed by atoms with Crippen molar-refractivity contribution in [2.75, 3.05) is 18.9 Å². The summed E-state index contributed by atoms with van der Waals surface area (Å²) in [6, 6.07) is 27.6. The van der Waals surface area contributed by atoms with Crippen LogP contribution in [-0.2, 0) is 22.5 Å². The summed E-state index contributed by atoms with van der Waals surface area (Å²) in [5, 5.41) is 26.9. The van der Waals surface area contributed by atoms with Crippen molar-refractivity contribution in [2.45, 2.75) is 45.1 Å². The Bertz CT molecular complexity index is 2190. The topological polar surface area (TPSA) is 162 Å². The lowest BCUT2D eigenvalue weighted by atomic mass is 10.1. The lowest BCUT2D eigenvalue weighted by molar-refractivity contribution is -0.00669. The Hall–Kier alpha value is -5.87. The number of allylic oxidation sites excluding steroid dienone is 1. The SMILES string of the molecule is C/C=C(\CC(N[C@H]1CCc2cc(-n3c(-c4cccnc4N)nc4ccc(-n5ccc(C#N)n5)nc43)ccc21)OCCO)OCc1ccccc1. The fourth-order valence-electron chi connectivity index (χ4n) is 6.31. The summed E-state index contributed by atoms with van der Waals surface area (Å²) in [5.41, 5.74) is 13.0. The van der Waals surface area contributed by atoms with E-state index in [1.807, 2.05) is 72.2 Å². The summed E-state index contributed by atoms with van der Waals surface area (Å²) >= 11 is 0. The second-order valence-corrected chi connectivity index (χ2v) is 11.9. The summed E-state index contributed by atoms with van der Waals surface area (Å²) in [6.45, 7) is 2.57. The molecule has 0 spiro atoms. The fraction of sp³-hybridized carbons (Fsp3) is 0.237. The van der Waals surface area contributed by atoms with Gasteiger partial charge in [0.1, 0.15) is 30.2 Å². The number of imidazole rings is 1. The molecule has 1 aliphatic rings. The van der Waals surface area contributed by atoms with E-state index in [4.69, 9.17) is 25.2 Å². The molecule has 4 aromatic heterocycles. The van der Waals surface area contributed by atoms with E-state index >= 15 is 0 Å². The average Bonchev–Trinajstić information content (AvgIpc) is 3.89. The Morgan fingerprint density at radius 3 is 2.78 bits per heavy atom. The summed E-state index contributed by atoms with van der Waals surface area (Å²) in [4.78, 5) is 14.2. The van der Waals surface area contributed by atoms with Crippen LogP contribution in [0.25, 0.3) is 34.1 Å². The van der Waals surface area contributed by atoms with Crippen LogP contribution in [0.1, 0.15) is 48.2 Å². The highest BCUT2D eigenvalue weighted by Crippen LogP contribution is 2.36. The van der Waals surface area contributed by atoms with Crippen molar-refractivity contribution in [1.29, 1.82) is 5.26 Å². The number of ether oxygens (including phenoxy) is 2. The number of aliphatic hydroxyl groups excluding tert-OH is 1. The first-order valence-electron chi connectivity index (χ1n) is 16.5. The van der Waals surface area contributed by atoms with Crippen molar-refractivity contribution in [2.24, 2.45) is 0 Å². The number of nitriles is 1. The first-order chi connectivity index (χ1) is 24.5. The molecular weight excluding hydrogens is 630 g/mol. The molecule has 12 heteroatoms. The molecule has 1 aliphatic carbocycles. The predicted molar refractivity (Wildman–Crippen MR) is 189 cm³/mol. The normalized spacial score (nSPS) is 14.8. The number of aryl methyl sites for hydroxylation is 1. The number of nitrogen functional groups attached to an aromatic ring is 1. The highest BCUT2D eigenvalue weighted by molar-refractivity contribution is 5.83. The molecule has 0 radical (unpaired) electrons. The second kappa shape index (κ2) is 14.7. The molecule has 0 saturated carbocycles. The van der Waals surface area contributed by atoms with E-state index < -0.39 is 0 Å². The third-order valence-electron chi connectivity index (χ3n) is 8.74. The van der Waals surface area contributed by atoms with E-state index in [1.54, 1.807) is 23.1 Å². The maximum absolute atomic E-state index is 9.55. The van der Waals surface area contributed by atoms with Crippen LogP contribution in [0.3, 0.4) is 0 Å². The van der Waals surface area contributed by atoms with Gasteiger partial charge in [0.05, 0.1) is 24.5 Å². The van der Waals surface area contributed by atoms with Gasteiger partial charge < -0.3 is 20.3 Å². The van der Waals surface area contributed by atoms with Gasteiger partial charge in [-0.3, -0.25) is 9.88 Å². The first kappa shape index (κ1) is 32.7. The Kier molecular flexibility index (Phi) is 9.61. The van der Waals surface area contributed by atoms with E-state index in [1.165, 1.54) is 11.1 Å². The number of fused-ring (bicyclic) bond motifs is 2. The van der Waals surface area contributed by atoms with Gasteiger partial charge in [-0.25, -0.2) is 19.6 Å². The third-order valence-corrected chi connectivity index (χ3v) is 8.74. The molecule has 0 aliphatic heterocycles. The molecular formula is C38H37N9O3. The third kappa shape index (κ3) is 6.83. The summed E-state index contributed by atoms with van der Waals surface area (Å²) in [7, 11) is 0. The second-order valence-electron chi connectivity index (χ2n) is 11.9. The number of aromatic nitrogens is 6. The van der Waals surface area contributed by atoms with Gasteiger partial charge in [-0.15, -0.1) is 0 Å². The molecule has 50 heavy (non-hydrogen) atoms. The molecule has 0 amide bonds. The minimum atomic E-state index is -0.357. The van der Waals surface area contributed by atoms with Crippen molar-refractivity contribution >= 4 is 17.0 Å². The summed E-state index contributed by atoms with van der Waals surface area (Å²) < 4.78 is 15.8. The van der Waals surface area contributed by atoms with Gasteiger partial charge in [0, 0.05) is 30.5 Å². The van der Waals surface area contributed by atoms with Gasteiger partial charge in [0.2, 0.25) is 0 Å². The monoisotopic (exact) mass is 667 g/mol. The maximum atomic E-state index is 9.55. The van der Waals surface area contributed by atoms with Gasteiger partial charge in [-0.2, -0.15) is 10.4 Å². The number of hydrogen-bond donors (Lipinski definition) is 3. The van der Waals surface area contributed by atoms with Gasteiger partial charge in [0.15, 0.2) is 23.0 Å². The molecule has 12 nitrogen and oxygen atoms in total. The van der Waals surface area contributed by atoms with Crippen LogP contribution >= 0.6 is 0 Å². The van der Waals surface area contributed by atoms with E-state index in [9.17, 15) is 10.4 Å². The van der Waals surface area contributed by atoms with Crippen LogP contribution in [0, 0.1) is 11.3 Å². The number of nitrogens with two attached hydrogens (primary N) is 1. The van der Waals surface area contributed by atoms with Gasteiger partial charge in [0.25, 0.3) is 0 Å². The zero-order chi connectivity index (χ0) is 34.5. The average molecular weight is 668 g/mol. The van der Waals surface area contributed by atoms with Crippen molar-refractivity contribution in [3.8, 4) is 29.0 Å². The quantitative estimate of drug-likeness (QED) is 0.105. The van der Waals surface area contributed by atoms with Crippen molar-refractivity contribution in [3.63, 3.8) is 0 Å². The van der Waals surface area contributed by atoms with E-state index in [-0.39, 0.29) is 25.5 Å². The van der Waals surface area contributed by atoms with Crippen LogP contribution in [0.15, 0.2) is 103 Å². The Labute approximate surface area is 289 Å². The molecule has 2 aromatic carbocycles. The smallest absolute Gasteiger partial charge is 0.167 e. The molecule has 0 saturated heterocycles. The minimum Gasteiger partial charge on any atom is -0.493 e. The van der Waals surface area contributed by atoms with Crippen molar-refractivity contribution in [3.05, 3.63) is 125 Å². The first-order valence-corrected chi connectivity index (χ1v) is 16.5. The lowest BCUT2D eigenvalue weighted by Crippen LogP contribution is -2.35. The summed E-state index contributed by atoms with van der Waals surface area (Å²) in [6.07, 6.45) is 7.22. The van der Waals surface area contributed by atoms with Crippen LogP contribution in [0.4, 0.5) is 5.82 Å². The highest BCUT2D eigenvalue weighted by atomic mass is 16.5. The molecule has 7 rings (SSSR count). The van der Waals surface area contributed by atoms with E-state index in [2.05, 4.69) is 39.7 Å². The molecule has 2 atom stereocenters. The Balaban J connectivity index is 1.19. The largest absolute Gasteiger partial charge is 0.493 e. The number of benzene rings is 2. The zero-order valence-corrected chi connectivity index (χ0v) is 27.6. The number of anilines is 1. The highest BCUT2D eigenvalue weighted by Gasteiger charge is 2.27. The molecule has 4 N–H and O–H groups in total. The van der Waals surface area contributed by atoms with Gasteiger partial charge in [-0.1, -0.05) is 36.4 Å². The number of nitrogens with zero attached hydrogens (tertiary/aromatic N) is 7. The summed E-state index contributed by atoms with van der Waals surface area (Å²) in [5.74, 6) is 2.35. The Morgan fingerprint density at radius 2 is 2.00 bits per heavy atom. The van der Waals surface area contributed by atoms with E-state index in [0.717, 1.165) is 29.9 Å². The fourth-order valence-corrected chi connectivity index (χ4v) is 6.31. The zero-order valence-electron chi connectivity index (χ0n) is 27.6. The maximum Gasteiger partial charge on any atom is 0.167 e. The van der Waals surface area contributed by atoms with Gasteiger partial charge >= 0.3 is 0 Å². The number of pyridine rings is 2. The predicted octanol–water partition coefficient (Wildman–Crippen LogP) is 5.54. The van der Waals surface area contributed by atoms with Gasteiger partial charge in [-0.05, 0) is 85.0 Å². The van der Waals surface area contributed by atoms with Crippen molar-refractivity contribution < 1.29 is 14.6 Å². The standard InChI is InChI=1S/C38H37N9O3/c1-2-29(50-24-25-7-4-3-5-8-25)22-35(49-20-19-48)42-32-13-10-26-21-28(11-12-30(26)32)47-37(31-9-6-17-41-36(31)40)43-33-14-15-34(44-38(33)47)46-18-16-27(23-39)45-46/h2-9,11-12,14-18,21,32,35,42,48H,10,13,19-20,22,24H2,1H3,(H2,40,41)/b29-2+/t32-,35?/m0/s1. The lowest BCUT2D eigenvalue weighted by Gasteiger charge is -2.25. The molecule has 1 unspecified atom stereocenters. The van der Waals surface area contributed by atoms with Crippen LogP contribution < -0.4 is 11.1 Å². The van der Waals surface area contributed by atoms with Crippen LogP contribution in [0.5, 0.6) is 0 Å². The Morgan fingerprint density at radius 1 is 1.12 bits per heavy atom. The number of hydrogen-bond acceptors (Lipinski definition) is 10. The molecule has 6 aromatic rings. The van der Waals surface area contributed by atoms with E-state index in [0.29, 0.717) is 52.9 Å². The minimum absolute atomic E-state index is 0.0433. The molecule has 0 bridgehead atoms. The number of rotatable bonds is 13. The van der Waals surface area contributed by atoms with Crippen LogP contribution in [0.2, 0.25) is 0 Å². The van der Waals surface area contributed by atoms with Crippen LogP contribution in [-0.4, -0.2) is 53.8 Å². The van der Waals surface area contributed by atoms with Crippen molar-refractivity contribution in [1.82, 2.24) is 34.6 Å². The molecule has 252 valence electrons.